The number of amides is 3. The second kappa shape index (κ2) is 8.66. The number of fused-ring (bicyclic) bond motifs is 1. The Labute approximate surface area is 175 Å². The molecule has 30 heavy (non-hydrogen) atoms. The number of urea groups is 1. The summed E-state index contributed by atoms with van der Waals surface area (Å²) in [6, 6.07) is 7.50. The number of nitrogens with zero attached hydrogens (tertiary/aromatic N) is 4. The van der Waals surface area contributed by atoms with Gasteiger partial charge < -0.3 is 25.2 Å². The van der Waals surface area contributed by atoms with Crippen molar-refractivity contribution in [1.29, 1.82) is 0 Å². The number of nitrogens with one attached hydrogen (secondary N) is 2. The molecule has 1 saturated heterocycles. The molecule has 9 nitrogen and oxygen atoms in total. The highest BCUT2D eigenvalue weighted by atomic mass is 16.5. The highest BCUT2D eigenvalue weighted by molar-refractivity contribution is 5.89. The quantitative estimate of drug-likeness (QED) is 0.732. The maximum atomic E-state index is 11.7. The van der Waals surface area contributed by atoms with Crippen LogP contribution < -0.4 is 15.5 Å². The Kier molecular flexibility index (Phi) is 5.80. The molecule has 1 aromatic heterocycles. The van der Waals surface area contributed by atoms with Gasteiger partial charge in [-0.15, -0.1) is 0 Å². The van der Waals surface area contributed by atoms with E-state index in [-0.39, 0.29) is 12.1 Å². The fourth-order valence-corrected chi connectivity index (χ4v) is 3.78. The summed E-state index contributed by atoms with van der Waals surface area (Å²) < 4.78 is 5.55. The van der Waals surface area contributed by atoms with Crippen LogP contribution in [0.5, 0.6) is 0 Å². The van der Waals surface area contributed by atoms with Gasteiger partial charge in [0.2, 0.25) is 12.4 Å². The van der Waals surface area contributed by atoms with Gasteiger partial charge in [-0.2, -0.15) is 0 Å². The van der Waals surface area contributed by atoms with Crippen molar-refractivity contribution in [2.45, 2.75) is 33.0 Å². The SMILES string of the molecule is CCNC(=O)Nc1ccc(-c2nc(N3CCOCC3C)nc3c2CN(C=O)C3)cc1. The molecular weight excluding hydrogens is 384 g/mol. The van der Waals surface area contributed by atoms with E-state index in [0.29, 0.717) is 44.5 Å². The number of carbonyl (C=O) groups is 2. The first-order valence-electron chi connectivity index (χ1n) is 10.2. The normalized spacial score (nSPS) is 18.1. The predicted molar refractivity (Wildman–Crippen MR) is 113 cm³/mol. The fourth-order valence-electron chi connectivity index (χ4n) is 3.78. The maximum absolute atomic E-state index is 11.7. The standard InChI is InChI=1S/C21H26N6O3/c1-3-22-21(29)23-16-6-4-15(5-7-16)19-17-10-26(13-28)11-18(17)24-20(25-19)27-8-9-30-12-14(27)2/h4-7,13-14H,3,8-12H2,1-2H3,(H2,22,23,29). The Morgan fingerprint density at radius 1 is 1.27 bits per heavy atom. The zero-order valence-corrected chi connectivity index (χ0v) is 17.2. The molecule has 0 aliphatic carbocycles. The fraction of sp³-hybridized carbons (Fsp3) is 0.429. The van der Waals surface area contributed by atoms with E-state index in [1.54, 1.807) is 4.90 Å². The number of ether oxygens (including phenoxy) is 1. The third-order valence-electron chi connectivity index (χ3n) is 5.32. The average molecular weight is 410 g/mol. The average Bonchev–Trinajstić information content (AvgIpc) is 3.17. The summed E-state index contributed by atoms with van der Waals surface area (Å²) in [4.78, 5) is 36.6. The van der Waals surface area contributed by atoms with Crippen LogP contribution in [0.3, 0.4) is 0 Å². The van der Waals surface area contributed by atoms with Crippen molar-refractivity contribution in [2.75, 3.05) is 36.5 Å². The number of hydrogen-bond donors (Lipinski definition) is 2. The molecule has 3 heterocycles. The first-order valence-corrected chi connectivity index (χ1v) is 10.2. The van der Waals surface area contributed by atoms with Crippen molar-refractivity contribution in [2.24, 2.45) is 0 Å². The molecule has 2 aliphatic heterocycles. The molecule has 0 radical (unpaired) electrons. The minimum absolute atomic E-state index is 0.178. The van der Waals surface area contributed by atoms with Crippen LogP contribution >= 0.6 is 0 Å². The molecule has 1 aromatic carbocycles. The summed E-state index contributed by atoms with van der Waals surface area (Å²) in [5, 5.41) is 5.51. The molecule has 1 atom stereocenters. The molecule has 2 aliphatic rings. The van der Waals surface area contributed by atoms with Crippen molar-refractivity contribution in [3.05, 3.63) is 35.5 Å². The molecule has 0 spiro atoms. The zero-order chi connectivity index (χ0) is 21.1. The van der Waals surface area contributed by atoms with Gasteiger partial charge in [-0.3, -0.25) is 4.79 Å². The number of hydrogen-bond acceptors (Lipinski definition) is 6. The molecule has 9 heteroatoms. The molecule has 0 saturated carbocycles. The predicted octanol–water partition coefficient (Wildman–Crippen LogP) is 1.98. The van der Waals surface area contributed by atoms with E-state index in [9.17, 15) is 9.59 Å². The summed E-state index contributed by atoms with van der Waals surface area (Å²) in [6.45, 7) is 7.50. The molecular formula is C21H26N6O3. The number of anilines is 2. The van der Waals surface area contributed by atoms with Gasteiger partial charge in [0, 0.05) is 36.4 Å². The lowest BCUT2D eigenvalue weighted by molar-refractivity contribution is -0.118. The largest absolute Gasteiger partial charge is 0.377 e. The topological polar surface area (TPSA) is 99.7 Å². The van der Waals surface area contributed by atoms with Crippen LogP contribution in [0, 0.1) is 0 Å². The smallest absolute Gasteiger partial charge is 0.319 e. The van der Waals surface area contributed by atoms with Gasteiger partial charge >= 0.3 is 6.03 Å². The van der Waals surface area contributed by atoms with Crippen molar-refractivity contribution in [1.82, 2.24) is 20.2 Å². The molecule has 4 rings (SSSR count). The third kappa shape index (κ3) is 4.06. The second-order valence-corrected chi connectivity index (χ2v) is 7.49. The van der Waals surface area contributed by atoms with Gasteiger partial charge in [0.1, 0.15) is 0 Å². The van der Waals surface area contributed by atoms with Gasteiger partial charge in [0.05, 0.1) is 37.2 Å². The highest BCUT2D eigenvalue weighted by Gasteiger charge is 2.28. The number of carbonyl (C=O) groups excluding carboxylic acids is 2. The maximum Gasteiger partial charge on any atom is 0.319 e. The van der Waals surface area contributed by atoms with Crippen LogP contribution in [-0.2, 0) is 22.6 Å². The Morgan fingerprint density at radius 3 is 2.77 bits per heavy atom. The third-order valence-corrected chi connectivity index (χ3v) is 5.32. The minimum Gasteiger partial charge on any atom is -0.377 e. The van der Waals surface area contributed by atoms with Crippen LogP contribution in [-0.4, -0.2) is 59.7 Å². The van der Waals surface area contributed by atoms with Crippen molar-refractivity contribution < 1.29 is 14.3 Å². The van der Waals surface area contributed by atoms with Crippen molar-refractivity contribution in [3.63, 3.8) is 0 Å². The Hall–Kier alpha value is -3.20. The van der Waals surface area contributed by atoms with Crippen LogP contribution in [0.4, 0.5) is 16.4 Å². The summed E-state index contributed by atoms with van der Waals surface area (Å²) in [5.74, 6) is 0.664. The Balaban J connectivity index is 1.68. The first kappa shape index (κ1) is 20.1. The van der Waals surface area contributed by atoms with Gasteiger partial charge in [-0.1, -0.05) is 12.1 Å². The van der Waals surface area contributed by atoms with E-state index in [2.05, 4.69) is 22.5 Å². The van der Waals surface area contributed by atoms with E-state index >= 15 is 0 Å². The van der Waals surface area contributed by atoms with Gasteiger partial charge in [0.25, 0.3) is 0 Å². The zero-order valence-electron chi connectivity index (χ0n) is 17.2. The van der Waals surface area contributed by atoms with E-state index in [0.717, 1.165) is 35.5 Å². The number of rotatable bonds is 5. The lowest BCUT2D eigenvalue weighted by atomic mass is 10.1. The number of aromatic nitrogens is 2. The van der Waals surface area contributed by atoms with Crippen molar-refractivity contribution >= 4 is 24.1 Å². The van der Waals surface area contributed by atoms with Crippen LogP contribution in [0.25, 0.3) is 11.3 Å². The van der Waals surface area contributed by atoms with Crippen molar-refractivity contribution in [3.8, 4) is 11.3 Å². The second-order valence-electron chi connectivity index (χ2n) is 7.49. The number of benzene rings is 1. The van der Waals surface area contributed by atoms with E-state index < -0.39 is 0 Å². The number of morpholine rings is 1. The first-order chi connectivity index (χ1) is 14.6. The van der Waals surface area contributed by atoms with Crippen LogP contribution in [0.2, 0.25) is 0 Å². The highest BCUT2D eigenvalue weighted by Crippen LogP contribution is 2.33. The summed E-state index contributed by atoms with van der Waals surface area (Å²) in [7, 11) is 0. The molecule has 1 unspecified atom stereocenters. The Morgan fingerprint density at radius 2 is 2.07 bits per heavy atom. The van der Waals surface area contributed by atoms with E-state index in [1.807, 2.05) is 31.2 Å². The molecule has 2 N–H and O–H groups in total. The lowest BCUT2D eigenvalue weighted by Gasteiger charge is -2.33. The van der Waals surface area contributed by atoms with E-state index in [1.165, 1.54) is 0 Å². The molecule has 3 amide bonds. The molecule has 2 aromatic rings. The van der Waals surface area contributed by atoms with Crippen LogP contribution in [0.1, 0.15) is 25.1 Å². The van der Waals surface area contributed by atoms with Crippen LogP contribution in [0.15, 0.2) is 24.3 Å². The lowest BCUT2D eigenvalue weighted by Crippen LogP contribution is -2.44. The van der Waals surface area contributed by atoms with E-state index in [4.69, 9.17) is 14.7 Å². The monoisotopic (exact) mass is 410 g/mol. The summed E-state index contributed by atoms with van der Waals surface area (Å²) in [6.07, 6.45) is 0.849. The van der Waals surface area contributed by atoms with Gasteiger partial charge in [-0.05, 0) is 26.0 Å². The molecule has 1 fully saturated rings. The van der Waals surface area contributed by atoms with Gasteiger partial charge in [0.15, 0.2) is 0 Å². The van der Waals surface area contributed by atoms with Gasteiger partial charge in [-0.25, -0.2) is 14.8 Å². The molecule has 158 valence electrons. The minimum atomic E-state index is -0.238. The summed E-state index contributed by atoms with van der Waals surface area (Å²) >= 11 is 0. The summed E-state index contributed by atoms with van der Waals surface area (Å²) in [5.41, 5.74) is 4.29. The Bertz CT molecular complexity index is 933. The molecule has 0 bridgehead atoms.